The fraction of sp³-hybridized carbons (Fsp3) is 1.00. The zero-order valence-electron chi connectivity index (χ0n) is 5.22. The summed E-state index contributed by atoms with van der Waals surface area (Å²) >= 11 is 5.20. The van der Waals surface area contributed by atoms with Gasteiger partial charge in [0, 0.05) is 13.1 Å². The van der Waals surface area contributed by atoms with E-state index in [1.54, 1.807) is 0 Å². The van der Waals surface area contributed by atoms with Gasteiger partial charge in [0.25, 0.3) is 0 Å². The van der Waals surface area contributed by atoms with Crippen molar-refractivity contribution in [1.82, 2.24) is 9.34 Å². The smallest absolute Gasteiger partial charge is 0.0647 e. The van der Waals surface area contributed by atoms with Crippen LogP contribution in [0.2, 0.25) is 0 Å². The summed E-state index contributed by atoms with van der Waals surface area (Å²) in [5.41, 5.74) is 0. The summed E-state index contributed by atoms with van der Waals surface area (Å²) in [6, 6.07) is 0. The van der Waals surface area contributed by atoms with Crippen LogP contribution in [0, 0.1) is 0 Å². The van der Waals surface area contributed by atoms with Gasteiger partial charge in [0.05, 0.1) is 7.00 Å². The lowest BCUT2D eigenvalue weighted by molar-refractivity contribution is 0.553. The molecule has 2 nitrogen and oxygen atoms in total. The van der Waals surface area contributed by atoms with Crippen LogP contribution in [-0.4, -0.2) is 36.5 Å². The van der Waals surface area contributed by atoms with E-state index in [-0.39, 0.29) is 0 Å². The van der Waals surface area contributed by atoms with E-state index in [9.17, 15) is 0 Å². The molecule has 1 fully saturated rings. The van der Waals surface area contributed by atoms with Crippen LogP contribution < -0.4 is 0 Å². The molecule has 0 aromatic rings. The summed E-state index contributed by atoms with van der Waals surface area (Å²) in [5.74, 6) is 0. The first-order valence-electron chi connectivity index (χ1n) is 2.68. The summed E-state index contributed by atoms with van der Waals surface area (Å²) in [6.07, 6.45) is 0. The molecule has 0 aliphatic carbocycles. The SMILES string of the molecule is CN1CCN(C)[PH]1=S. The molecular formula is C4H11N2PS. The molecule has 0 unspecified atom stereocenters. The van der Waals surface area contributed by atoms with Crippen molar-refractivity contribution < 1.29 is 0 Å². The van der Waals surface area contributed by atoms with Crippen LogP contribution in [-0.2, 0) is 11.8 Å². The van der Waals surface area contributed by atoms with Gasteiger partial charge in [0.1, 0.15) is 0 Å². The molecule has 1 heterocycles. The summed E-state index contributed by atoms with van der Waals surface area (Å²) < 4.78 is 4.53. The maximum atomic E-state index is 5.20. The van der Waals surface area contributed by atoms with Crippen molar-refractivity contribution in [2.24, 2.45) is 0 Å². The third-order valence-electron chi connectivity index (χ3n) is 1.42. The number of nitrogens with zero attached hydrogens (tertiary/aromatic N) is 2. The molecular weight excluding hydrogens is 139 g/mol. The third-order valence-corrected chi connectivity index (χ3v) is 5.05. The number of hydrogen-bond acceptors (Lipinski definition) is 1. The molecule has 0 amide bonds. The van der Waals surface area contributed by atoms with E-state index in [4.69, 9.17) is 11.8 Å². The zero-order chi connectivity index (χ0) is 6.15. The van der Waals surface area contributed by atoms with E-state index in [2.05, 4.69) is 23.4 Å². The fourth-order valence-corrected chi connectivity index (χ4v) is 2.50. The van der Waals surface area contributed by atoms with Crippen LogP contribution in [0.4, 0.5) is 0 Å². The van der Waals surface area contributed by atoms with Gasteiger partial charge >= 0.3 is 0 Å². The van der Waals surface area contributed by atoms with Crippen molar-refractivity contribution in [3.05, 3.63) is 0 Å². The van der Waals surface area contributed by atoms with Crippen molar-refractivity contribution in [2.75, 3.05) is 27.2 Å². The molecule has 1 aliphatic rings. The standard InChI is InChI=1S/C4H11N2PS/c1-5-3-4-6(2)7(5)8/h7H,3-4H2,1-2H3. The lowest BCUT2D eigenvalue weighted by Gasteiger charge is -2.10. The number of likely N-dealkylation sites (N-methyl/N-ethyl adjacent to an activating group) is 2. The number of rotatable bonds is 0. The third kappa shape index (κ3) is 1.11. The first kappa shape index (κ1) is 6.69. The van der Waals surface area contributed by atoms with E-state index in [1.165, 1.54) is 0 Å². The first-order chi connectivity index (χ1) is 3.72. The lowest BCUT2D eigenvalue weighted by atomic mass is 10.6. The topological polar surface area (TPSA) is 6.48 Å². The van der Waals surface area contributed by atoms with Crippen LogP contribution in [0.3, 0.4) is 0 Å². The summed E-state index contributed by atoms with van der Waals surface area (Å²) in [7, 11) is 4.20. The van der Waals surface area contributed by atoms with Crippen molar-refractivity contribution in [3.8, 4) is 0 Å². The molecule has 4 heteroatoms. The summed E-state index contributed by atoms with van der Waals surface area (Å²) in [6.45, 7) is 1.66. The lowest BCUT2D eigenvalue weighted by Crippen LogP contribution is -2.05. The Balaban J connectivity index is 2.57. The predicted molar refractivity (Wildman–Crippen MR) is 40.9 cm³/mol. The van der Waals surface area contributed by atoms with Gasteiger partial charge in [-0.15, -0.1) is 0 Å². The Morgan fingerprint density at radius 2 is 1.62 bits per heavy atom. The average Bonchev–Trinajstić information content (AvgIpc) is 1.98. The van der Waals surface area contributed by atoms with Crippen LogP contribution in [0.5, 0.6) is 0 Å². The van der Waals surface area contributed by atoms with Gasteiger partial charge in [0.15, 0.2) is 0 Å². The molecule has 1 saturated heterocycles. The summed E-state index contributed by atoms with van der Waals surface area (Å²) in [4.78, 5) is 0. The molecule has 0 N–H and O–H groups in total. The molecule has 1 rings (SSSR count). The van der Waals surface area contributed by atoms with E-state index < -0.39 is 7.00 Å². The molecule has 0 spiro atoms. The van der Waals surface area contributed by atoms with Gasteiger partial charge < -0.3 is 0 Å². The van der Waals surface area contributed by atoms with E-state index in [0.29, 0.717) is 0 Å². The van der Waals surface area contributed by atoms with Gasteiger partial charge in [-0.05, 0) is 14.1 Å². The van der Waals surface area contributed by atoms with Gasteiger partial charge in [-0.2, -0.15) is 0 Å². The minimum Gasteiger partial charge on any atom is -0.268 e. The van der Waals surface area contributed by atoms with Crippen LogP contribution in [0.1, 0.15) is 0 Å². The van der Waals surface area contributed by atoms with Crippen molar-refractivity contribution in [3.63, 3.8) is 0 Å². The minimum atomic E-state index is -0.663. The van der Waals surface area contributed by atoms with E-state index in [1.807, 2.05) is 0 Å². The Bertz CT molecular complexity index is 105. The molecule has 1 aliphatic heterocycles. The van der Waals surface area contributed by atoms with Gasteiger partial charge in [-0.1, -0.05) is 11.8 Å². The molecule has 0 aromatic heterocycles. The van der Waals surface area contributed by atoms with Crippen molar-refractivity contribution in [1.29, 1.82) is 0 Å². The summed E-state index contributed by atoms with van der Waals surface area (Å²) in [5, 5.41) is 0. The second-order valence-corrected chi connectivity index (χ2v) is 5.31. The Labute approximate surface area is 56.0 Å². The second-order valence-electron chi connectivity index (χ2n) is 2.13. The van der Waals surface area contributed by atoms with Crippen molar-refractivity contribution >= 4 is 18.8 Å². The monoisotopic (exact) mass is 150 g/mol. The van der Waals surface area contributed by atoms with Crippen molar-refractivity contribution in [2.45, 2.75) is 0 Å². The fourth-order valence-electron chi connectivity index (χ4n) is 0.783. The highest BCUT2D eigenvalue weighted by molar-refractivity contribution is 8.03. The maximum Gasteiger partial charge on any atom is 0.0647 e. The largest absolute Gasteiger partial charge is 0.268 e. The Hall–Kier alpha value is 0.570. The molecule has 0 radical (unpaired) electrons. The van der Waals surface area contributed by atoms with E-state index in [0.717, 1.165) is 13.1 Å². The van der Waals surface area contributed by atoms with Gasteiger partial charge in [0.2, 0.25) is 0 Å². The molecule has 0 bridgehead atoms. The Morgan fingerprint density at radius 3 is 1.75 bits per heavy atom. The molecule has 0 atom stereocenters. The normalized spacial score (nSPS) is 27.2. The Morgan fingerprint density at radius 1 is 1.25 bits per heavy atom. The molecule has 8 heavy (non-hydrogen) atoms. The predicted octanol–water partition coefficient (Wildman–Crippen LogP) is 0.370. The van der Waals surface area contributed by atoms with Crippen LogP contribution >= 0.6 is 7.00 Å². The maximum absolute atomic E-state index is 5.20. The number of hydrogen-bond donors (Lipinski definition) is 0. The molecule has 0 aromatic carbocycles. The quantitative estimate of drug-likeness (QED) is 0.461. The van der Waals surface area contributed by atoms with Gasteiger partial charge in [-0.3, -0.25) is 9.34 Å². The van der Waals surface area contributed by atoms with Crippen LogP contribution in [0.25, 0.3) is 0 Å². The highest BCUT2D eigenvalue weighted by Crippen LogP contribution is 2.33. The Kier molecular flexibility index (Phi) is 2.04. The molecule has 48 valence electrons. The minimum absolute atomic E-state index is 0.663. The molecule has 0 saturated carbocycles. The highest BCUT2D eigenvalue weighted by Gasteiger charge is 2.16. The van der Waals surface area contributed by atoms with E-state index >= 15 is 0 Å². The van der Waals surface area contributed by atoms with Gasteiger partial charge in [-0.25, -0.2) is 0 Å². The first-order valence-corrected chi connectivity index (χ1v) is 5.21. The second kappa shape index (κ2) is 2.44. The highest BCUT2D eigenvalue weighted by atomic mass is 32.4. The zero-order valence-corrected chi connectivity index (χ0v) is 7.03. The average molecular weight is 150 g/mol. The van der Waals surface area contributed by atoms with Crippen LogP contribution in [0.15, 0.2) is 0 Å².